The second-order valence-corrected chi connectivity index (χ2v) is 6.20. The fourth-order valence-electron chi connectivity index (χ4n) is 3.11. The summed E-state index contributed by atoms with van der Waals surface area (Å²) in [4.78, 5) is 27.8. The van der Waals surface area contributed by atoms with Crippen molar-refractivity contribution in [2.45, 2.75) is 39.0 Å². The number of hydrogen-bond acceptors (Lipinski definition) is 3. The molecule has 0 aromatic carbocycles. The summed E-state index contributed by atoms with van der Waals surface area (Å²) >= 11 is 0. The fourth-order valence-corrected chi connectivity index (χ4v) is 3.11. The molecule has 2 aliphatic rings. The maximum absolute atomic E-state index is 12.1. The van der Waals surface area contributed by atoms with Gasteiger partial charge in [0.05, 0.1) is 0 Å². The van der Waals surface area contributed by atoms with E-state index in [9.17, 15) is 9.59 Å². The largest absolute Gasteiger partial charge is 0.342 e. The summed E-state index contributed by atoms with van der Waals surface area (Å²) in [5.41, 5.74) is 5.55. The Balaban J connectivity index is 1.76. The smallest absolute Gasteiger partial charge is 0.226 e. The van der Waals surface area contributed by atoms with Gasteiger partial charge in [0.1, 0.15) is 0 Å². The number of likely N-dealkylation sites (tertiary alicyclic amines) is 2. The molecule has 2 rings (SSSR count). The molecule has 0 spiro atoms. The average molecular weight is 281 g/mol. The molecule has 0 aromatic rings. The molecular formula is C15H27N3O2. The molecule has 5 heteroatoms. The van der Waals surface area contributed by atoms with Crippen LogP contribution in [0.4, 0.5) is 0 Å². The van der Waals surface area contributed by atoms with Crippen molar-refractivity contribution in [3.8, 4) is 0 Å². The second kappa shape index (κ2) is 7.07. The van der Waals surface area contributed by atoms with Crippen LogP contribution in [0.1, 0.15) is 39.0 Å². The molecule has 0 aliphatic carbocycles. The van der Waals surface area contributed by atoms with Gasteiger partial charge in [-0.25, -0.2) is 0 Å². The van der Waals surface area contributed by atoms with Crippen molar-refractivity contribution < 1.29 is 9.59 Å². The summed E-state index contributed by atoms with van der Waals surface area (Å²) in [6, 6.07) is 0. The van der Waals surface area contributed by atoms with E-state index in [1.165, 1.54) is 0 Å². The first-order chi connectivity index (χ1) is 9.61. The summed E-state index contributed by atoms with van der Waals surface area (Å²) < 4.78 is 0. The first kappa shape index (κ1) is 15.3. The van der Waals surface area contributed by atoms with E-state index in [0.29, 0.717) is 24.8 Å². The van der Waals surface area contributed by atoms with Crippen LogP contribution in [0.25, 0.3) is 0 Å². The number of amides is 2. The maximum atomic E-state index is 12.1. The number of nitrogens with two attached hydrogens (primary N) is 1. The van der Waals surface area contributed by atoms with Crippen LogP contribution < -0.4 is 5.73 Å². The van der Waals surface area contributed by atoms with Crippen LogP contribution in [0.15, 0.2) is 0 Å². The zero-order valence-electron chi connectivity index (χ0n) is 12.5. The third kappa shape index (κ3) is 3.72. The SMILES string of the molecule is CC(CN)C(=O)N1CCC(CN2CCCCC2=O)CC1. The molecule has 2 heterocycles. The Morgan fingerprint density at radius 2 is 2.00 bits per heavy atom. The minimum Gasteiger partial charge on any atom is -0.342 e. The number of rotatable bonds is 4. The topological polar surface area (TPSA) is 66.6 Å². The normalized spacial score (nSPS) is 23.0. The van der Waals surface area contributed by atoms with Crippen LogP contribution in [-0.2, 0) is 9.59 Å². The van der Waals surface area contributed by atoms with E-state index in [-0.39, 0.29) is 11.8 Å². The van der Waals surface area contributed by atoms with Crippen molar-refractivity contribution in [2.75, 3.05) is 32.7 Å². The fraction of sp³-hybridized carbons (Fsp3) is 0.867. The molecule has 114 valence electrons. The van der Waals surface area contributed by atoms with E-state index >= 15 is 0 Å². The molecule has 1 atom stereocenters. The van der Waals surface area contributed by atoms with Gasteiger partial charge in [0.15, 0.2) is 0 Å². The quantitative estimate of drug-likeness (QED) is 0.830. The van der Waals surface area contributed by atoms with Crippen LogP contribution in [0.2, 0.25) is 0 Å². The van der Waals surface area contributed by atoms with E-state index in [4.69, 9.17) is 5.73 Å². The van der Waals surface area contributed by atoms with Crippen molar-refractivity contribution in [3.05, 3.63) is 0 Å². The predicted octanol–water partition coefficient (Wildman–Crippen LogP) is 0.832. The van der Waals surface area contributed by atoms with Crippen molar-refractivity contribution in [2.24, 2.45) is 17.6 Å². The van der Waals surface area contributed by atoms with Gasteiger partial charge in [-0.05, 0) is 31.6 Å². The number of hydrogen-bond donors (Lipinski definition) is 1. The summed E-state index contributed by atoms with van der Waals surface area (Å²) in [6.45, 7) is 5.74. The number of nitrogens with zero attached hydrogens (tertiary/aromatic N) is 2. The van der Waals surface area contributed by atoms with E-state index in [0.717, 1.165) is 51.9 Å². The van der Waals surface area contributed by atoms with Gasteiger partial charge < -0.3 is 15.5 Å². The summed E-state index contributed by atoms with van der Waals surface area (Å²) in [5, 5.41) is 0. The van der Waals surface area contributed by atoms with Gasteiger partial charge >= 0.3 is 0 Å². The number of carbonyl (C=O) groups excluding carboxylic acids is 2. The molecule has 0 bridgehead atoms. The van der Waals surface area contributed by atoms with E-state index < -0.39 is 0 Å². The van der Waals surface area contributed by atoms with E-state index in [1.807, 2.05) is 16.7 Å². The van der Waals surface area contributed by atoms with Gasteiger partial charge in [-0.15, -0.1) is 0 Å². The highest BCUT2D eigenvalue weighted by atomic mass is 16.2. The molecule has 20 heavy (non-hydrogen) atoms. The van der Waals surface area contributed by atoms with Crippen LogP contribution in [0.3, 0.4) is 0 Å². The van der Waals surface area contributed by atoms with Crippen molar-refractivity contribution in [3.63, 3.8) is 0 Å². The lowest BCUT2D eigenvalue weighted by Gasteiger charge is -2.36. The zero-order chi connectivity index (χ0) is 14.5. The van der Waals surface area contributed by atoms with Gasteiger partial charge in [0, 0.05) is 45.1 Å². The lowest BCUT2D eigenvalue weighted by atomic mass is 9.94. The molecule has 2 saturated heterocycles. The highest BCUT2D eigenvalue weighted by Crippen LogP contribution is 2.22. The van der Waals surface area contributed by atoms with Crippen molar-refractivity contribution in [1.29, 1.82) is 0 Å². The van der Waals surface area contributed by atoms with Crippen molar-refractivity contribution in [1.82, 2.24) is 9.80 Å². The molecule has 0 aromatic heterocycles. The first-order valence-corrected chi connectivity index (χ1v) is 7.88. The molecule has 2 amide bonds. The lowest BCUT2D eigenvalue weighted by Crippen LogP contribution is -2.46. The minimum absolute atomic E-state index is 0.0739. The molecule has 1 unspecified atom stereocenters. The highest BCUT2D eigenvalue weighted by Gasteiger charge is 2.28. The van der Waals surface area contributed by atoms with Gasteiger partial charge in [0.25, 0.3) is 0 Å². The second-order valence-electron chi connectivity index (χ2n) is 6.20. The standard InChI is InChI=1S/C15H27N3O2/c1-12(10-16)15(20)17-8-5-13(6-9-17)11-18-7-3-2-4-14(18)19/h12-13H,2-11,16H2,1H3. The van der Waals surface area contributed by atoms with Crippen LogP contribution in [-0.4, -0.2) is 54.3 Å². The summed E-state index contributed by atoms with van der Waals surface area (Å²) in [6.07, 6.45) is 4.90. The molecule has 2 aliphatic heterocycles. The maximum Gasteiger partial charge on any atom is 0.226 e. The molecule has 5 nitrogen and oxygen atoms in total. The third-order valence-corrected chi connectivity index (χ3v) is 4.60. The Kier molecular flexibility index (Phi) is 5.40. The third-order valence-electron chi connectivity index (χ3n) is 4.60. The Hall–Kier alpha value is -1.10. The molecule has 2 N–H and O–H groups in total. The molecular weight excluding hydrogens is 254 g/mol. The Morgan fingerprint density at radius 1 is 1.30 bits per heavy atom. The van der Waals surface area contributed by atoms with Gasteiger partial charge in [0.2, 0.25) is 11.8 Å². The minimum atomic E-state index is -0.0739. The molecule has 2 fully saturated rings. The van der Waals surface area contributed by atoms with Crippen molar-refractivity contribution >= 4 is 11.8 Å². The lowest BCUT2D eigenvalue weighted by molar-refractivity contribution is -0.138. The molecule has 0 radical (unpaired) electrons. The van der Waals surface area contributed by atoms with Gasteiger partial charge in [-0.1, -0.05) is 6.92 Å². The van der Waals surface area contributed by atoms with E-state index in [2.05, 4.69) is 0 Å². The first-order valence-electron chi connectivity index (χ1n) is 7.88. The number of piperidine rings is 2. The van der Waals surface area contributed by atoms with Crippen LogP contribution in [0, 0.1) is 11.8 Å². The Bertz CT molecular complexity index is 351. The Morgan fingerprint density at radius 3 is 2.60 bits per heavy atom. The highest BCUT2D eigenvalue weighted by molar-refractivity contribution is 5.79. The van der Waals surface area contributed by atoms with Crippen LogP contribution >= 0.6 is 0 Å². The summed E-state index contributed by atoms with van der Waals surface area (Å²) in [7, 11) is 0. The van der Waals surface area contributed by atoms with Gasteiger partial charge in [-0.3, -0.25) is 9.59 Å². The monoisotopic (exact) mass is 281 g/mol. The van der Waals surface area contributed by atoms with E-state index in [1.54, 1.807) is 0 Å². The zero-order valence-corrected chi connectivity index (χ0v) is 12.5. The Labute approximate surface area is 121 Å². The number of carbonyl (C=O) groups is 2. The van der Waals surface area contributed by atoms with Crippen LogP contribution in [0.5, 0.6) is 0 Å². The summed E-state index contributed by atoms with van der Waals surface area (Å²) in [5.74, 6) is 0.969. The predicted molar refractivity (Wildman–Crippen MR) is 78.0 cm³/mol. The average Bonchev–Trinajstić information content (AvgIpc) is 2.49. The molecule has 0 saturated carbocycles. The van der Waals surface area contributed by atoms with Gasteiger partial charge in [-0.2, -0.15) is 0 Å².